The average molecular weight is 985 g/mol. The van der Waals surface area contributed by atoms with Crippen molar-refractivity contribution in [1.82, 2.24) is 5.32 Å². The maximum absolute atomic E-state index is 13.8. The Bertz CT molecular complexity index is 2750. The third kappa shape index (κ3) is 14.7. The molecule has 358 valence electrons. The molecule has 6 N–H and O–H groups in total. The van der Waals surface area contributed by atoms with Gasteiger partial charge in [-0.3, -0.25) is 27.8 Å². The van der Waals surface area contributed by atoms with Gasteiger partial charge in [0, 0.05) is 66.0 Å². The Kier molecular flexibility index (Phi) is 17.5. The van der Waals surface area contributed by atoms with Crippen molar-refractivity contribution < 1.29 is 71.2 Å². The number of amides is 1. The molecule has 0 saturated heterocycles. The lowest BCUT2D eigenvalue weighted by atomic mass is 9.81. The number of fused-ring (bicyclic) bond motifs is 2. The Labute approximate surface area is 381 Å². The zero-order valence-corrected chi connectivity index (χ0v) is 39.9. The topological polar surface area (TPSA) is 290 Å². The van der Waals surface area contributed by atoms with Crippen molar-refractivity contribution in [3.63, 3.8) is 0 Å². The van der Waals surface area contributed by atoms with Crippen LogP contribution in [0.1, 0.15) is 96.6 Å². The summed E-state index contributed by atoms with van der Waals surface area (Å²) in [7, 11) is -17.6. The maximum Gasteiger partial charge on any atom is 0.303 e. The summed E-state index contributed by atoms with van der Waals surface area (Å²) in [5.41, 5.74) is 2.09. The van der Waals surface area contributed by atoms with Crippen LogP contribution >= 0.6 is 0 Å². The Morgan fingerprint density at radius 2 is 1.29 bits per heavy atom. The van der Waals surface area contributed by atoms with E-state index in [2.05, 4.69) is 5.32 Å². The summed E-state index contributed by atoms with van der Waals surface area (Å²) in [6.07, 6.45) is 13.2. The Morgan fingerprint density at radius 3 is 1.89 bits per heavy atom. The number of carboxylic acids is 1. The number of hydrogen-bond acceptors (Lipinski definition) is 11. The number of benzene rings is 2. The number of hydrogen-bond donors (Lipinski definition) is 6. The molecule has 65 heavy (non-hydrogen) atoms. The molecule has 0 bridgehead atoms. The van der Waals surface area contributed by atoms with Gasteiger partial charge in [-0.25, -0.2) is 0 Å². The minimum Gasteiger partial charge on any atom is -0.481 e. The van der Waals surface area contributed by atoms with Crippen molar-refractivity contribution in [3.8, 4) is 0 Å². The molecule has 0 spiro atoms. The second kappa shape index (κ2) is 21.4. The van der Waals surface area contributed by atoms with E-state index in [0.29, 0.717) is 72.4 Å². The monoisotopic (exact) mass is 984 g/mol. The molecular weight excluding hydrogens is 927 g/mol. The number of carboxylic acid groups (broad SMARTS) is 1. The molecule has 0 atom stereocenters. The van der Waals surface area contributed by atoms with Crippen molar-refractivity contribution >= 4 is 69.4 Å². The van der Waals surface area contributed by atoms with Gasteiger partial charge in [0.1, 0.15) is 6.54 Å². The van der Waals surface area contributed by atoms with E-state index >= 15 is 0 Å². The van der Waals surface area contributed by atoms with Gasteiger partial charge in [0.2, 0.25) is 5.69 Å². The summed E-state index contributed by atoms with van der Waals surface area (Å²) in [5.74, 6) is -2.27. The van der Waals surface area contributed by atoms with E-state index in [-0.39, 0.29) is 54.3 Å². The van der Waals surface area contributed by atoms with E-state index in [9.17, 15) is 61.5 Å². The third-order valence-electron chi connectivity index (χ3n) is 11.3. The van der Waals surface area contributed by atoms with Crippen LogP contribution in [0.2, 0.25) is 0 Å². The second-order valence-electron chi connectivity index (χ2n) is 16.9. The number of carbonyl (C=O) groups is 2. The first-order chi connectivity index (χ1) is 30.0. The molecule has 2 aromatic carbocycles. The van der Waals surface area contributed by atoms with Gasteiger partial charge in [-0.05, 0) is 100 Å². The fourth-order valence-corrected chi connectivity index (χ4v) is 10.1. The first-order valence-electron chi connectivity index (χ1n) is 20.9. The van der Waals surface area contributed by atoms with Crippen molar-refractivity contribution in [2.24, 2.45) is 0 Å². The highest BCUT2D eigenvalue weighted by molar-refractivity contribution is 7.86. The summed E-state index contributed by atoms with van der Waals surface area (Å²) in [6, 6.07) is 8.34. The molecule has 0 fully saturated rings. The molecule has 4 rings (SSSR count). The number of nitrogens with one attached hydrogen (secondary N) is 1. The minimum atomic E-state index is -4.56. The van der Waals surface area contributed by atoms with E-state index < -0.39 is 74.7 Å². The average Bonchev–Trinajstić information content (AvgIpc) is 3.52. The zero-order chi connectivity index (χ0) is 48.6. The summed E-state index contributed by atoms with van der Waals surface area (Å²) in [4.78, 5) is 25.9. The van der Waals surface area contributed by atoms with Crippen molar-refractivity contribution in [2.45, 2.75) is 106 Å². The molecule has 18 nitrogen and oxygen atoms in total. The van der Waals surface area contributed by atoms with E-state index in [1.807, 2.05) is 37.2 Å². The first-order valence-corrected chi connectivity index (χ1v) is 27.0. The Hall–Kier alpha value is -4.55. The lowest BCUT2D eigenvalue weighted by molar-refractivity contribution is -0.438. The van der Waals surface area contributed by atoms with Crippen molar-refractivity contribution in [2.75, 3.05) is 36.0 Å². The van der Waals surface area contributed by atoms with E-state index in [0.717, 1.165) is 0 Å². The normalized spacial score (nSPS) is 17.1. The van der Waals surface area contributed by atoms with E-state index in [1.54, 1.807) is 48.6 Å². The van der Waals surface area contributed by atoms with Gasteiger partial charge in [0.05, 0.1) is 26.7 Å². The molecular formula is C43H58N3O15S4+. The van der Waals surface area contributed by atoms with Crippen LogP contribution in [0, 0.1) is 0 Å². The van der Waals surface area contributed by atoms with Gasteiger partial charge in [0.15, 0.2) is 5.71 Å². The largest absolute Gasteiger partial charge is 0.481 e. The van der Waals surface area contributed by atoms with Gasteiger partial charge in [0.25, 0.3) is 46.4 Å². The Morgan fingerprint density at radius 1 is 0.708 bits per heavy atom. The number of unbranched alkanes of at least 4 members (excludes halogenated alkanes) is 5. The minimum absolute atomic E-state index is 0.0437. The fourth-order valence-electron chi connectivity index (χ4n) is 7.97. The van der Waals surface area contributed by atoms with Gasteiger partial charge in [-0.2, -0.15) is 38.2 Å². The Balaban J connectivity index is 1.76. The number of rotatable bonds is 24. The summed E-state index contributed by atoms with van der Waals surface area (Å²) in [5, 5.41) is 11.8. The van der Waals surface area contributed by atoms with E-state index in [4.69, 9.17) is 5.11 Å². The number of anilines is 1. The van der Waals surface area contributed by atoms with Crippen LogP contribution in [-0.4, -0.2) is 110 Å². The number of nitrogens with zero attached hydrogens (tertiary/aromatic N) is 2. The molecule has 2 aliphatic heterocycles. The molecule has 2 aliphatic rings. The van der Waals surface area contributed by atoms with Crippen LogP contribution in [0.5, 0.6) is 0 Å². The smallest absolute Gasteiger partial charge is 0.303 e. The quantitative estimate of drug-likeness (QED) is 0.0239. The molecule has 0 aromatic heterocycles. The fraction of sp³-hybridized carbons (Fsp3) is 0.465. The van der Waals surface area contributed by atoms with Gasteiger partial charge >= 0.3 is 5.97 Å². The number of aliphatic carboxylic acids is 1. The van der Waals surface area contributed by atoms with Crippen LogP contribution in [0.25, 0.3) is 0 Å². The van der Waals surface area contributed by atoms with E-state index in [1.165, 1.54) is 24.3 Å². The van der Waals surface area contributed by atoms with Crippen LogP contribution in [0.3, 0.4) is 0 Å². The second-order valence-corrected chi connectivity index (χ2v) is 22.9. The lowest BCUT2D eigenvalue weighted by Crippen LogP contribution is -2.28. The molecule has 2 aromatic rings. The SMILES string of the molecule is CC1(C)C(/C=C/C=C(/C=C/C=C2/N(CCCCS(=O)(=O)O)c3ccc(S(=O)(=O)O)cc3C2(C)C)C(=O)NCCCCCCC(=O)O)=[N+](CCCCS(=O)(=O)O)c2ccc(S(=O)(=O)O)cc21. The van der Waals surface area contributed by atoms with Crippen molar-refractivity contribution in [3.05, 3.63) is 95.3 Å². The first kappa shape index (κ1) is 53.1. The highest BCUT2D eigenvalue weighted by Crippen LogP contribution is 2.48. The van der Waals surface area contributed by atoms with Gasteiger partial charge < -0.3 is 15.3 Å². The predicted molar refractivity (Wildman–Crippen MR) is 245 cm³/mol. The molecule has 0 aliphatic carbocycles. The van der Waals surface area contributed by atoms with Gasteiger partial charge in [-0.15, -0.1) is 0 Å². The lowest BCUT2D eigenvalue weighted by Gasteiger charge is -2.27. The maximum atomic E-state index is 13.8. The third-order valence-corrected chi connectivity index (χ3v) is 14.6. The summed E-state index contributed by atoms with van der Waals surface area (Å²) in [6.45, 7) is 8.18. The van der Waals surface area contributed by atoms with Crippen molar-refractivity contribution in [1.29, 1.82) is 0 Å². The van der Waals surface area contributed by atoms with Crippen LogP contribution < -0.4 is 10.2 Å². The summed E-state index contributed by atoms with van der Waals surface area (Å²) >= 11 is 0. The molecule has 0 unspecified atom stereocenters. The summed E-state index contributed by atoms with van der Waals surface area (Å²) < 4.78 is 134. The molecule has 2 heterocycles. The standard InChI is InChI=1S/C43H57N3O15S4/c1-42(2)34-29-32(64(56,57)58)20-22-36(34)45(25-9-11-27-62(50,51)52)38(42)17-13-15-31(41(49)44-24-8-6-5-7-19-40(47)48)16-14-18-39-43(3,4)35-30-33(65(59,60)61)21-23-37(35)46(39)26-10-12-28-63(53,54)55/h13-18,20-23,29-30H,5-12,19,24-28H2,1-4H3,(H5-,44,47,48,49,50,51,52,53,54,55,56,57,58,59,60,61)/p+1. The van der Waals surface area contributed by atoms with Gasteiger partial charge in [-0.1, -0.05) is 38.8 Å². The highest BCUT2D eigenvalue weighted by atomic mass is 32.2. The highest BCUT2D eigenvalue weighted by Gasteiger charge is 2.45. The molecule has 0 radical (unpaired) electrons. The molecule has 22 heteroatoms. The molecule has 0 saturated carbocycles. The zero-order valence-electron chi connectivity index (χ0n) is 36.7. The molecule has 1 amide bonds. The number of allylic oxidation sites excluding steroid dienone is 6. The van der Waals surface area contributed by atoms with Crippen LogP contribution in [0.15, 0.2) is 93.9 Å². The van der Waals surface area contributed by atoms with Crippen LogP contribution in [0.4, 0.5) is 11.4 Å². The number of carbonyl (C=O) groups excluding carboxylic acids is 1. The van der Waals surface area contributed by atoms with Crippen LogP contribution in [-0.2, 0) is 60.9 Å². The predicted octanol–water partition coefficient (Wildman–Crippen LogP) is 5.76.